The largest absolute Gasteiger partial charge is 0.367 e. The zero-order valence-electron chi connectivity index (χ0n) is 11.3. The zero-order chi connectivity index (χ0) is 14.4. The van der Waals surface area contributed by atoms with Crippen molar-refractivity contribution in [1.82, 2.24) is 5.32 Å². The number of likely N-dealkylation sites (N-methyl/N-ethyl adjacent to an activating group) is 1. The Bertz CT molecular complexity index is 544. The van der Waals surface area contributed by atoms with Gasteiger partial charge < -0.3 is 10.1 Å². The molecule has 0 fully saturated rings. The van der Waals surface area contributed by atoms with Gasteiger partial charge in [0.1, 0.15) is 5.82 Å². The highest BCUT2D eigenvalue weighted by atomic mass is 35.5. The average Bonchev–Trinajstić information content (AvgIpc) is 2.46. The third kappa shape index (κ3) is 4.04. The molecule has 0 aliphatic carbocycles. The van der Waals surface area contributed by atoms with Gasteiger partial charge in [-0.3, -0.25) is 0 Å². The molecule has 0 aromatic heterocycles. The van der Waals surface area contributed by atoms with Crippen molar-refractivity contribution in [2.24, 2.45) is 0 Å². The molecule has 1 N–H and O–H groups in total. The first-order valence-electron chi connectivity index (χ1n) is 6.46. The van der Waals surface area contributed by atoms with E-state index in [2.05, 4.69) is 5.32 Å². The van der Waals surface area contributed by atoms with E-state index in [-0.39, 0.29) is 11.9 Å². The van der Waals surface area contributed by atoms with Crippen LogP contribution in [0.15, 0.2) is 48.5 Å². The number of halogens is 2. The van der Waals surface area contributed by atoms with Gasteiger partial charge in [0.25, 0.3) is 0 Å². The molecule has 20 heavy (non-hydrogen) atoms. The molecular weight excluding hydrogens is 277 g/mol. The van der Waals surface area contributed by atoms with Crippen LogP contribution in [0.5, 0.6) is 0 Å². The molecule has 4 heteroatoms. The van der Waals surface area contributed by atoms with Crippen molar-refractivity contribution >= 4 is 11.6 Å². The molecule has 2 aromatic carbocycles. The Morgan fingerprint density at radius 1 is 1.15 bits per heavy atom. The average molecular weight is 294 g/mol. The molecule has 0 saturated heterocycles. The molecule has 0 heterocycles. The van der Waals surface area contributed by atoms with E-state index in [0.717, 1.165) is 5.56 Å². The Morgan fingerprint density at radius 3 is 2.50 bits per heavy atom. The van der Waals surface area contributed by atoms with Crippen LogP contribution >= 0.6 is 11.6 Å². The summed E-state index contributed by atoms with van der Waals surface area (Å²) in [7, 11) is 1.82. The van der Waals surface area contributed by atoms with E-state index in [4.69, 9.17) is 16.3 Å². The first kappa shape index (κ1) is 15.0. The first-order valence-corrected chi connectivity index (χ1v) is 6.83. The molecule has 0 aliphatic heterocycles. The highest BCUT2D eigenvalue weighted by Gasteiger charge is 2.15. The highest BCUT2D eigenvalue weighted by molar-refractivity contribution is 6.30. The van der Waals surface area contributed by atoms with Crippen molar-refractivity contribution in [2.45, 2.75) is 12.7 Å². The standard InChI is InChI=1S/C16H17ClFNO/c1-19-10-16(14-4-2-3-5-15(14)18)20-11-12-6-8-13(17)9-7-12/h2-9,16,19H,10-11H2,1H3. The second-order valence-corrected chi connectivity index (χ2v) is 4.94. The van der Waals surface area contributed by atoms with Crippen LogP contribution in [0.3, 0.4) is 0 Å². The summed E-state index contributed by atoms with van der Waals surface area (Å²) >= 11 is 5.84. The number of hydrogen-bond donors (Lipinski definition) is 1. The molecule has 0 bridgehead atoms. The fourth-order valence-corrected chi connectivity index (χ4v) is 2.08. The van der Waals surface area contributed by atoms with E-state index in [1.807, 2.05) is 37.4 Å². The number of ether oxygens (including phenoxy) is 1. The quantitative estimate of drug-likeness (QED) is 0.870. The highest BCUT2D eigenvalue weighted by Crippen LogP contribution is 2.22. The van der Waals surface area contributed by atoms with Gasteiger partial charge in [0.15, 0.2) is 0 Å². The lowest BCUT2D eigenvalue weighted by molar-refractivity contribution is 0.0388. The number of benzene rings is 2. The lowest BCUT2D eigenvalue weighted by Gasteiger charge is -2.18. The molecule has 1 unspecified atom stereocenters. The molecule has 2 rings (SSSR count). The smallest absolute Gasteiger partial charge is 0.129 e. The molecule has 1 atom stereocenters. The van der Waals surface area contributed by atoms with E-state index in [9.17, 15) is 4.39 Å². The predicted molar refractivity (Wildman–Crippen MR) is 79.3 cm³/mol. The summed E-state index contributed by atoms with van der Waals surface area (Å²) in [6.45, 7) is 0.965. The minimum Gasteiger partial charge on any atom is -0.367 e. The molecule has 0 radical (unpaired) electrons. The van der Waals surface area contributed by atoms with Crippen molar-refractivity contribution in [3.8, 4) is 0 Å². The zero-order valence-corrected chi connectivity index (χ0v) is 12.0. The SMILES string of the molecule is CNCC(OCc1ccc(Cl)cc1)c1ccccc1F. The van der Waals surface area contributed by atoms with Gasteiger partial charge in [-0.15, -0.1) is 0 Å². The summed E-state index contributed by atoms with van der Waals surface area (Å²) in [5.74, 6) is -0.246. The topological polar surface area (TPSA) is 21.3 Å². The van der Waals surface area contributed by atoms with Crippen LogP contribution in [0.2, 0.25) is 5.02 Å². The maximum absolute atomic E-state index is 13.8. The Kier molecular flexibility index (Phi) is 5.53. The Balaban J connectivity index is 2.06. The Hall–Kier alpha value is -1.42. The summed E-state index contributed by atoms with van der Waals surface area (Å²) in [5.41, 5.74) is 1.57. The van der Waals surface area contributed by atoms with Crippen molar-refractivity contribution in [3.63, 3.8) is 0 Å². The van der Waals surface area contributed by atoms with Gasteiger partial charge in [-0.1, -0.05) is 41.9 Å². The fraction of sp³-hybridized carbons (Fsp3) is 0.250. The second kappa shape index (κ2) is 7.39. The van der Waals surface area contributed by atoms with Crippen LogP contribution < -0.4 is 5.32 Å². The van der Waals surface area contributed by atoms with E-state index in [1.165, 1.54) is 6.07 Å². The van der Waals surface area contributed by atoms with Gasteiger partial charge in [0, 0.05) is 17.1 Å². The lowest BCUT2D eigenvalue weighted by Crippen LogP contribution is -2.20. The first-order chi connectivity index (χ1) is 9.70. The molecule has 0 spiro atoms. The Labute approximate surface area is 123 Å². The summed E-state index contributed by atoms with van der Waals surface area (Å²) in [4.78, 5) is 0. The second-order valence-electron chi connectivity index (χ2n) is 4.51. The van der Waals surface area contributed by atoms with Crippen molar-refractivity contribution in [1.29, 1.82) is 0 Å². The molecule has 2 aromatic rings. The van der Waals surface area contributed by atoms with E-state index >= 15 is 0 Å². The predicted octanol–water partition coefficient (Wildman–Crippen LogP) is 3.96. The Morgan fingerprint density at radius 2 is 1.85 bits per heavy atom. The third-order valence-corrected chi connectivity index (χ3v) is 3.26. The summed E-state index contributed by atoms with van der Waals surface area (Å²) < 4.78 is 19.6. The third-order valence-electron chi connectivity index (χ3n) is 3.01. The van der Waals surface area contributed by atoms with Gasteiger partial charge in [-0.25, -0.2) is 4.39 Å². The van der Waals surface area contributed by atoms with Gasteiger partial charge in [0.2, 0.25) is 0 Å². The molecule has 0 saturated carbocycles. The fourth-order valence-electron chi connectivity index (χ4n) is 1.96. The monoisotopic (exact) mass is 293 g/mol. The maximum Gasteiger partial charge on any atom is 0.129 e. The number of rotatable bonds is 6. The molecular formula is C16H17ClFNO. The number of nitrogens with one attached hydrogen (secondary N) is 1. The summed E-state index contributed by atoms with van der Waals surface area (Å²) in [5, 5.41) is 3.72. The normalized spacial score (nSPS) is 12.3. The van der Waals surface area contributed by atoms with Gasteiger partial charge >= 0.3 is 0 Å². The van der Waals surface area contributed by atoms with Crippen LogP contribution in [0.1, 0.15) is 17.2 Å². The van der Waals surface area contributed by atoms with E-state index in [0.29, 0.717) is 23.7 Å². The van der Waals surface area contributed by atoms with Crippen molar-refractivity contribution in [3.05, 3.63) is 70.5 Å². The van der Waals surface area contributed by atoms with Crippen LogP contribution in [0, 0.1) is 5.82 Å². The van der Waals surface area contributed by atoms with Crippen molar-refractivity contribution < 1.29 is 9.13 Å². The summed E-state index contributed by atoms with van der Waals surface area (Å²) in [6, 6.07) is 14.1. The minimum absolute atomic E-state index is 0.246. The van der Waals surface area contributed by atoms with Crippen LogP contribution in [-0.2, 0) is 11.3 Å². The van der Waals surface area contributed by atoms with Crippen LogP contribution in [0.4, 0.5) is 4.39 Å². The van der Waals surface area contributed by atoms with Crippen LogP contribution in [-0.4, -0.2) is 13.6 Å². The van der Waals surface area contributed by atoms with E-state index in [1.54, 1.807) is 12.1 Å². The van der Waals surface area contributed by atoms with E-state index < -0.39 is 0 Å². The van der Waals surface area contributed by atoms with Gasteiger partial charge in [-0.2, -0.15) is 0 Å². The van der Waals surface area contributed by atoms with Crippen molar-refractivity contribution in [2.75, 3.05) is 13.6 Å². The molecule has 0 amide bonds. The van der Waals surface area contributed by atoms with Gasteiger partial charge in [0.05, 0.1) is 12.7 Å². The molecule has 0 aliphatic rings. The van der Waals surface area contributed by atoms with Crippen LogP contribution in [0.25, 0.3) is 0 Å². The summed E-state index contributed by atoms with van der Waals surface area (Å²) in [6.07, 6.45) is -0.322. The minimum atomic E-state index is -0.322. The lowest BCUT2D eigenvalue weighted by atomic mass is 10.1. The number of hydrogen-bond acceptors (Lipinski definition) is 2. The van der Waals surface area contributed by atoms with Gasteiger partial charge in [-0.05, 0) is 30.8 Å². The maximum atomic E-state index is 13.8. The molecule has 106 valence electrons. The molecule has 2 nitrogen and oxygen atoms in total.